The highest BCUT2D eigenvalue weighted by molar-refractivity contribution is 5.79. The van der Waals surface area contributed by atoms with E-state index in [4.69, 9.17) is 13.7 Å². The van der Waals surface area contributed by atoms with E-state index >= 15 is 0 Å². The number of carbonyl (C=O) groups excluding carboxylic acids is 1. The molecule has 29 heavy (non-hydrogen) atoms. The molecular formula is C20H24N4O5. The fourth-order valence-electron chi connectivity index (χ4n) is 3.42. The molecule has 0 unspecified atom stereocenters. The van der Waals surface area contributed by atoms with Crippen LogP contribution in [0.3, 0.4) is 0 Å². The smallest absolute Gasteiger partial charge is 0.410 e. The van der Waals surface area contributed by atoms with E-state index in [1.165, 1.54) is 12.4 Å². The summed E-state index contributed by atoms with van der Waals surface area (Å²) in [7, 11) is 0. The van der Waals surface area contributed by atoms with Crippen LogP contribution in [-0.4, -0.2) is 39.8 Å². The number of pyridine rings is 1. The number of rotatable bonds is 3. The molecule has 1 aliphatic rings. The van der Waals surface area contributed by atoms with Crippen molar-refractivity contribution in [1.82, 2.24) is 15.0 Å². The molecule has 0 spiro atoms. The summed E-state index contributed by atoms with van der Waals surface area (Å²) in [6.07, 6.45) is 4.93. The second-order valence-corrected chi connectivity index (χ2v) is 8.37. The van der Waals surface area contributed by atoms with Gasteiger partial charge >= 0.3 is 6.09 Å². The molecule has 1 aliphatic heterocycles. The van der Waals surface area contributed by atoms with E-state index in [0.717, 1.165) is 12.8 Å². The van der Waals surface area contributed by atoms with Crippen LogP contribution in [0.1, 0.15) is 39.4 Å². The molecular weight excluding hydrogens is 376 g/mol. The summed E-state index contributed by atoms with van der Waals surface area (Å²) in [5.74, 6) is 1.70. The van der Waals surface area contributed by atoms with Crippen molar-refractivity contribution in [3.63, 3.8) is 0 Å². The molecule has 3 aromatic heterocycles. The predicted molar refractivity (Wildman–Crippen MR) is 103 cm³/mol. The van der Waals surface area contributed by atoms with E-state index in [-0.39, 0.29) is 6.09 Å². The Hall–Kier alpha value is -3.10. The molecule has 4 heterocycles. The highest BCUT2D eigenvalue weighted by atomic mass is 16.6. The topological polar surface area (TPSA) is 109 Å². The molecule has 0 bridgehead atoms. The van der Waals surface area contributed by atoms with Crippen molar-refractivity contribution in [3.05, 3.63) is 35.6 Å². The lowest BCUT2D eigenvalue weighted by atomic mass is 9.93. The first kappa shape index (κ1) is 19.2. The number of hydrogen-bond acceptors (Lipinski definition) is 7. The van der Waals surface area contributed by atoms with Crippen LogP contribution in [0.2, 0.25) is 0 Å². The van der Waals surface area contributed by atoms with Gasteiger partial charge in [0.15, 0.2) is 24.0 Å². The zero-order chi connectivity index (χ0) is 20.6. The first-order chi connectivity index (χ1) is 13.8. The SMILES string of the molecule is CC(C)(C)OC(=O)N1CCC(Cc2noc(-c3cc4c[n+]([O-])ccc4o3)n2)CC1. The number of ether oxygens (including phenoxy) is 1. The lowest BCUT2D eigenvalue weighted by Crippen LogP contribution is -2.42. The van der Waals surface area contributed by atoms with Gasteiger partial charge in [0.05, 0.1) is 5.39 Å². The first-order valence-corrected chi connectivity index (χ1v) is 9.70. The second kappa shape index (κ2) is 7.38. The average molecular weight is 400 g/mol. The van der Waals surface area contributed by atoms with Gasteiger partial charge in [-0.1, -0.05) is 5.16 Å². The maximum atomic E-state index is 12.2. The van der Waals surface area contributed by atoms with Gasteiger partial charge in [0.1, 0.15) is 11.2 Å². The van der Waals surface area contributed by atoms with Gasteiger partial charge in [-0.2, -0.15) is 9.71 Å². The third kappa shape index (κ3) is 4.49. The Kier molecular flexibility index (Phi) is 4.89. The van der Waals surface area contributed by atoms with Crippen LogP contribution >= 0.6 is 0 Å². The quantitative estimate of drug-likeness (QED) is 0.490. The van der Waals surface area contributed by atoms with Gasteiger partial charge in [0.2, 0.25) is 0 Å². The van der Waals surface area contributed by atoms with Crippen molar-refractivity contribution in [2.45, 2.75) is 45.6 Å². The van der Waals surface area contributed by atoms with Crippen molar-refractivity contribution in [1.29, 1.82) is 0 Å². The van der Waals surface area contributed by atoms with Crippen LogP contribution in [0, 0.1) is 11.1 Å². The number of nitrogens with zero attached hydrogens (tertiary/aromatic N) is 4. The van der Waals surface area contributed by atoms with E-state index in [9.17, 15) is 10.0 Å². The summed E-state index contributed by atoms with van der Waals surface area (Å²) in [4.78, 5) is 18.3. The summed E-state index contributed by atoms with van der Waals surface area (Å²) in [5.41, 5.74) is 0.0981. The number of aromatic nitrogens is 3. The zero-order valence-corrected chi connectivity index (χ0v) is 16.8. The number of amides is 1. The third-order valence-electron chi connectivity index (χ3n) is 4.85. The highest BCUT2D eigenvalue weighted by Gasteiger charge is 2.28. The fourth-order valence-corrected chi connectivity index (χ4v) is 3.42. The number of piperidine rings is 1. The molecule has 3 aromatic rings. The molecule has 0 aliphatic carbocycles. The van der Waals surface area contributed by atoms with E-state index < -0.39 is 5.60 Å². The molecule has 0 saturated carbocycles. The van der Waals surface area contributed by atoms with Crippen molar-refractivity contribution >= 4 is 17.1 Å². The molecule has 0 atom stereocenters. The molecule has 9 heteroatoms. The largest absolute Gasteiger partial charge is 0.619 e. The molecule has 0 N–H and O–H groups in total. The molecule has 9 nitrogen and oxygen atoms in total. The molecule has 154 valence electrons. The zero-order valence-electron chi connectivity index (χ0n) is 16.8. The summed E-state index contributed by atoms with van der Waals surface area (Å²) in [5, 5.41) is 16.1. The predicted octanol–water partition coefficient (Wildman–Crippen LogP) is 3.31. The minimum absolute atomic E-state index is 0.262. The number of furan rings is 1. The van der Waals surface area contributed by atoms with Crippen molar-refractivity contribution < 1.29 is 23.2 Å². The van der Waals surface area contributed by atoms with Gasteiger partial charge in [-0.15, -0.1) is 0 Å². The third-order valence-corrected chi connectivity index (χ3v) is 4.85. The van der Waals surface area contributed by atoms with Gasteiger partial charge in [-0.05, 0) is 39.5 Å². The minimum Gasteiger partial charge on any atom is -0.619 e. The van der Waals surface area contributed by atoms with Crippen LogP contribution in [0.4, 0.5) is 4.79 Å². The second-order valence-electron chi connectivity index (χ2n) is 8.37. The van der Waals surface area contributed by atoms with Crippen molar-refractivity contribution in [2.24, 2.45) is 5.92 Å². The summed E-state index contributed by atoms with van der Waals surface area (Å²) >= 11 is 0. The first-order valence-electron chi connectivity index (χ1n) is 9.70. The Morgan fingerprint density at radius 2 is 2.14 bits per heavy atom. The Morgan fingerprint density at radius 1 is 1.38 bits per heavy atom. The summed E-state index contributed by atoms with van der Waals surface area (Å²) < 4.78 is 17.2. The van der Waals surface area contributed by atoms with E-state index in [0.29, 0.717) is 58.6 Å². The molecule has 0 radical (unpaired) electrons. The van der Waals surface area contributed by atoms with Gasteiger partial charge in [0, 0.05) is 31.6 Å². The summed E-state index contributed by atoms with van der Waals surface area (Å²) in [6, 6.07) is 3.31. The van der Waals surface area contributed by atoms with Gasteiger partial charge < -0.3 is 23.8 Å². The summed E-state index contributed by atoms with van der Waals surface area (Å²) in [6.45, 7) is 6.91. The van der Waals surface area contributed by atoms with E-state index in [1.807, 2.05) is 20.8 Å². The van der Waals surface area contributed by atoms with Crippen molar-refractivity contribution in [2.75, 3.05) is 13.1 Å². The number of fused-ring (bicyclic) bond motifs is 1. The molecule has 0 aromatic carbocycles. The monoisotopic (exact) mass is 400 g/mol. The maximum absolute atomic E-state index is 12.2. The van der Waals surface area contributed by atoms with E-state index in [2.05, 4.69) is 10.1 Å². The molecule has 4 rings (SSSR count). The molecule has 1 saturated heterocycles. The fraction of sp³-hybridized carbons (Fsp3) is 0.500. The lowest BCUT2D eigenvalue weighted by molar-refractivity contribution is -0.603. The molecule has 1 amide bonds. The van der Waals surface area contributed by atoms with Crippen LogP contribution in [0.25, 0.3) is 22.6 Å². The highest BCUT2D eigenvalue weighted by Crippen LogP contribution is 2.27. The minimum atomic E-state index is -0.487. The van der Waals surface area contributed by atoms with Crippen LogP contribution < -0.4 is 4.73 Å². The van der Waals surface area contributed by atoms with Crippen LogP contribution in [0.5, 0.6) is 0 Å². The normalized spacial score (nSPS) is 15.8. The standard InChI is InChI=1S/C20H24N4O5/c1-20(2,3)28-19(25)23-7-4-13(5-8-23)10-17-21-18(29-22-17)16-11-14-12-24(26)9-6-15(14)27-16/h6,9,11-13H,4-5,7-8,10H2,1-3H3. The Morgan fingerprint density at radius 3 is 2.86 bits per heavy atom. The Balaban J connectivity index is 1.35. The number of likely N-dealkylation sites (tertiary alicyclic amines) is 1. The van der Waals surface area contributed by atoms with Gasteiger partial charge in [-0.3, -0.25) is 0 Å². The number of carbonyl (C=O) groups is 1. The lowest BCUT2D eigenvalue weighted by Gasteiger charge is -2.33. The van der Waals surface area contributed by atoms with Crippen LogP contribution in [-0.2, 0) is 11.2 Å². The Bertz CT molecular complexity index is 1010. The van der Waals surface area contributed by atoms with Gasteiger partial charge in [0.25, 0.3) is 5.89 Å². The van der Waals surface area contributed by atoms with Crippen molar-refractivity contribution in [3.8, 4) is 11.7 Å². The van der Waals surface area contributed by atoms with E-state index in [1.54, 1.807) is 17.0 Å². The van der Waals surface area contributed by atoms with Gasteiger partial charge in [-0.25, -0.2) is 4.79 Å². The number of hydrogen-bond donors (Lipinski definition) is 0. The Labute approximate surface area is 167 Å². The van der Waals surface area contributed by atoms with Crippen LogP contribution in [0.15, 0.2) is 33.5 Å². The average Bonchev–Trinajstić information content (AvgIpc) is 3.27. The maximum Gasteiger partial charge on any atom is 0.410 e. The molecule has 1 fully saturated rings.